The van der Waals surface area contributed by atoms with Crippen LogP contribution in [-0.4, -0.2) is 41.3 Å². The first-order valence-corrected chi connectivity index (χ1v) is 9.37. The van der Waals surface area contributed by atoms with Crippen molar-refractivity contribution < 1.29 is 14.0 Å². The van der Waals surface area contributed by atoms with Crippen LogP contribution in [-0.2, 0) is 11.2 Å². The van der Waals surface area contributed by atoms with Crippen molar-refractivity contribution in [2.75, 3.05) is 19.6 Å². The van der Waals surface area contributed by atoms with Crippen LogP contribution in [0.15, 0.2) is 22.8 Å². The third-order valence-corrected chi connectivity index (χ3v) is 5.55. The van der Waals surface area contributed by atoms with Crippen LogP contribution in [0.5, 0.6) is 0 Å². The Morgan fingerprint density at radius 2 is 2.28 bits per heavy atom. The van der Waals surface area contributed by atoms with Gasteiger partial charge in [0.15, 0.2) is 5.76 Å². The fraction of sp³-hybridized carbons (Fsp3) is 0.500. The first-order valence-electron chi connectivity index (χ1n) is 8.55. The summed E-state index contributed by atoms with van der Waals surface area (Å²) in [5, 5.41) is 3.90. The van der Waals surface area contributed by atoms with E-state index >= 15 is 0 Å². The highest BCUT2D eigenvalue weighted by atomic mass is 32.1. The van der Waals surface area contributed by atoms with Crippen molar-refractivity contribution in [1.29, 1.82) is 0 Å². The Bertz CT molecular complexity index is 739. The first-order chi connectivity index (χ1) is 12.0. The Labute approximate surface area is 151 Å². The number of carbonyl (C=O) groups is 2. The van der Waals surface area contributed by atoms with Crippen LogP contribution in [0.1, 0.15) is 39.0 Å². The molecule has 1 fully saturated rings. The lowest BCUT2D eigenvalue weighted by atomic mass is 9.97. The van der Waals surface area contributed by atoms with E-state index in [1.807, 2.05) is 18.7 Å². The second kappa shape index (κ2) is 7.82. The molecule has 1 saturated heterocycles. The largest absolute Gasteiger partial charge is 0.459 e. The van der Waals surface area contributed by atoms with Crippen molar-refractivity contribution in [2.45, 2.75) is 33.1 Å². The zero-order valence-corrected chi connectivity index (χ0v) is 15.4. The van der Waals surface area contributed by atoms with Crippen LogP contribution < -0.4 is 5.32 Å². The zero-order valence-electron chi connectivity index (χ0n) is 14.6. The fourth-order valence-electron chi connectivity index (χ4n) is 3.18. The Hall–Kier alpha value is -2.15. The molecule has 0 aromatic carbocycles. The minimum Gasteiger partial charge on any atom is -0.459 e. The highest BCUT2D eigenvalue weighted by Gasteiger charge is 2.25. The van der Waals surface area contributed by atoms with Gasteiger partial charge in [-0.1, -0.05) is 0 Å². The molecule has 0 spiro atoms. The number of aromatic nitrogens is 1. The number of aryl methyl sites for hydroxylation is 2. The maximum Gasteiger partial charge on any atom is 0.286 e. The second-order valence-corrected chi connectivity index (χ2v) is 7.74. The summed E-state index contributed by atoms with van der Waals surface area (Å²) >= 11 is 1.59. The number of furan rings is 1. The van der Waals surface area contributed by atoms with E-state index < -0.39 is 0 Å². The topological polar surface area (TPSA) is 75.4 Å². The molecular weight excluding hydrogens is 338 g/mol. The van der Waals surface area contributed by atoms with Gasteiger partial charge in [0.1, 0.15) is 0 Å². The maximum absolute atomic E-state index is 12.6. The van der Waals surface area contributed by atoms with E-state index in [0.717, 1.165) is 35.0 Å². The third-order valence-electron chi connectivity index (χ3n) is 4.48. The molecule has 3 rings (SSSR count). The number of thiazole rings is 1. The Morgan fingerprint density at radius 3 is 2.96 bits per heavy atom. The molecule has 6 nitrogen and oxygen atoms in total. The van der Waals surface area contributed by atoms with Gasteiger partial charge in [0.05, 0.1) is 23.4 Å². The molecule has 2 aromatic rings. The highest BCUT2D eigenvalue weighted by molar-refractivity contribution is 7.11. The lowest BCUT2D eigenvalue weighted by molar-refractivity contribution is -0.132. The SMILES string of the molecule is Cc1nc(C)c(CC(=O)N2CCCC(CNC(=O)c3ccco3)C2)s1. The van der Waals surface area contributed by atoms with Gasteiger partial charge < -0.3 is 14.6 Å². The van der Waals surface area contributed by atoms with Gasteiger partial charge in [0.2, 0.25) is 5.91 Å². The Morgan fingerprint density at radius 1 is 1.44 bits per heavy atom. The van der Waals surface area contributed by atoms with Crippen LogP contribution in [0.3, 0.4) is 0 Å². The Balaban J connectivity index is 1.51. The quantitative estimate of drug-likeness (QED) is 0.888. The van der Waals surface area contributed by atoms with Crippen LogP contribution >= 0.6 is 11.3 Å². The smallest absolute Gasteiger partial charge is 0.286 e. The molecule has 1 N–H and O–H groups in total. The van der Waals surface area contributed by atoms with Crippen molar-refractivity contribution in [1.82, 2.24) is 15.2 Å². The minimum absolute atomic E-state index is 0.147. The number of amides is 2. The van der Waals surface area contributed by atoms with Gasteiger partial charge in [-0.05, 0) is 44.7 Å². The van der Waals surface area contributed by atoms with Gasteiger partial charge in [-0.15, -0.1) is 11.3 Å². The van der Waals surface area contributed by atoms with Gasteiger partial charge in [-0.25, -0.2) is 4.98 Å². The molecule has 25 heavy (non-hydrogen) atoms. The summed E-state index contributed by atoms with van der Waals surface area (Å²) in [5.41, 5.74) is 0.954. The number of piperidine rings is 1. The average molecular weight is 361 g/mol. The van der Waals surface area contributed by atoms with Crippen molar-refractivity contribution in [2.24, 2.45) is 5.92 Å². The van der Waals surface area contributed by atoms with Crippen molar-refractivity contribution in [3.63, 3.8) is 0 Å². The summed E-state index contributed by atoms with van der Waals surface area (Å²) in [4.78, 5) is 31.9. The zero-order chi connectivity index (χ0) is 17.8. The summed E-state index contributed by atoms with van der Waals surface area (Å²) in [6, 6.07) is 3.34. The molecule has 0 radical (unpaired) electrons. The van der Waals surface area contributed by atoms with Gasteiger partial charge in [-0.3, -0.25) is 9.59 Å². The predicted octanol–water partition coefficient (Wildman–Crippen LogP) is 2.56. The maximum atomic E-state index is 12.6. The van der Waals surface area contributed by atoms with E-state index in [0.29, 0.717) is 25.3 Å². The summed E-state index contributed by atoms with van der Waals surface area (Å²) in [5.74, 6) is 0.540. The fourth-order valence-corrected chi connectivity index (χ4v) is 4.10. The second-order valence-electron chi connectivity index (χ2n) is 6.45. The van der Waals surface area contributed by atoms with E-state index in [1.54, 1.807) is 23.5 Å². The molecule has 134 valence electrons. The van der Waals surface area contributed by atoms with Gasteiger partial charge in [0, 0.05) is 24.5 Å². The molecule has 2 aromatic heterocycles. The van der Waals surface area contributed by atoms with Gasteiger partial charge in [0.25, 0.3) is 5.91 Å². The van der Waals surface area contributed by atoms with Crippen LogP contribution in [0.2, 0.25) is 0 Å². The van der Waals surface area contributed by atoms with Crippen LogP contribution in [0, 0.1) is 19.8 Å². The molecule has 3 heterocycles. The lowest BCUT2D eigenvalue weighted by Gasteiger charge is -2.32. The predicted molar refractivity (Wildman–Crippen MR) is 95.6 cm³/mol. The van der Waals surface area contributed by atoms with Crippen molar-refractivity contribution in [3.05, 3.63) is 39.7 Å². The van der Waals surface area contributed by atoms with E-state index in [4.69, 9.17) is 4.42 Å². The minimum atomic E-state index is -0.204. The molecule has 7 heteroatoms. The molecule has 0 aliphatic carbocycles. The Kier molecular flexibility index (Phi) is 5.53. The molecule has 1 aliphatic rings. The number of carbonyl (C=O) groups excluding carboxylic acids is 2. The monoisotopic (exact) mass is 361 g/mol. The van der Waals surface area contributed by atoms with Gasteiger partial charge >= 0.3 is 0 Å². The standard InChI is InChI=1S/C18H23N3O3S/c1-12-16(25-13(2)20-12)9-17(22)21-7-3-5-14(11-21)10-19-18(23)15-6-4-8-24-15/h4,6,8,14H,3,5,7,9-11H2,1-2H3,(H,19,23). The molecule has 0 saturated carbocycles. The van der Waals surface area contributed by atoms with Crippen molar-refractivity contribution >= 4 is 23.2 Å². The van der Waals surface area contributed by atoms with E-state index in [1.165, 1.54) is 6.26 Å². The van der Waals surface area contributed by atoms with E-state index in [-0.39, 0.29) is 17.7 Å². The number of hydrogen-bond acceptors (Lipinski definition) is 5. The molecular formula is C18H23N3O3S. The van der Waals surface area contributed by atoms with Crippen LogP contribution in [0.4, 0.5) is 0 Å². The first kappa shape index (κ1) is 17.7. The summed E-state index contributed by atoms with van der Waals surface area (Å²) in [6.45, 7) is 5.95. The van der Waals surface area contributed by atoms with E-state index in [2.05, 4.69) is 10.3 Å². The van der Waals surface area contributed by atoms with Crippen molar-refractivity contribution in [3.8, 4) is 0 Å². The summed E-state index contributed by atoms with van der Waals surface area (Å²) in [7, 11) is 0. The molecule has 1 aliphatic heterocycles. The number of nitrogens with zero attached hydrogens (tertiary/aromatic N) is 2. The number of rotatable bonds is 5. The molecule has 1 atom stereocenters. The van der Waals surface area contributed by atoms with E-state index in [9.17, 15) is 9.59 Å². The third kappa shape index (κ3) is 4.48. The highest BCUT2D eigenvalue weighted by Crippen LogP contribution is 2.21. The molecule has 2 amide bonds. The number of hydrogen-bond donors (Lipinski definition) is 1. The lowest BCUT2D eigenvalue weighted by Crippen LogP contribution is -2.44. The summed E-state index contributed by atoms with van der Waals surface area (Å²) < 4.78 is 5.09. The molecule has 1 unspecified atom stereocenters. The van der Waals surface area contributed by atoms with Crippen LogP contribution in [0.25, 0.3) is 0 Å². The molecule has 0 bridgehead atoms. The normalized spacial score (nSPS) is 17.5. The summed E-state index contributed by atoms with van der Waals surface area (Å²) in [6.07, 6.45) is 3.89. The number of likely N-dealkylation sites (tertiary alicyclic amines) is 1. The number of nitrogens with one attached hydrogen (secondary N) is 1. The average Bonchev–Trinajstić information content (AvgIpc) is 3.23. The van der Waals surface area contributed by atoms with Gasteiger partial charge in [-0.2, -0.15) is 0 Å².